The van der Waals surface area contributed by atoms with E-state index in [0.29, 0.717) is 5.76 Å². The number of benzene rings is 2. The zero-order valence-corrected chi connectivity index (χ0v) is 17.2. The lowest BCUT2D eigenvalue weighted by Gasteiger charge is -2.17. The molecule has 0 amide bonds. The number of esters is 1. The van der Waals surface area contributed by atoms with Crippen molar-refractivity contribution < 1.29 is 14.3 Å². The number of halogens is 1. The fourth-order valence-corrected chi connectivity index (χ4v) is 2.89. The maximum Gasteiger partial charge on any atom is 0.350 e. The maximum atomic E-state index is 12.3. The first kappa shape index (κ1) is 20.5. The van der Waals surface area contributed by atoms with E-state index in [2.05, 4.69) is 21.9 Å². The molecule has 138 valence electrons. The van der Waals surface area contributed by atoms with Gasteiger partial charge in [0.25, 0.3) is 0 Å². The molecule has 0 spiro atoms. The van der Waals surface area contributed by atoms with E-state index in [0.717, 1.165) is 26.7 Å². The highest BCUT2D eigenvalue weighted by molar-refractivity contribution is 9.10. The average molecular weight is 425 g/mol. The molecule has 2 rings (SSSR count). The van der Waals surface area contributed by atoms with Gasteiger partial charge in [0.2, 0.25) is 0 Å². The summed E-state index contributed by atoms with van der Waals surface area (Å²) in [6.07, 6.45) is 7.63. The lowest BCUT2D eigenvalue weighted by Crippen LogP contribution is -2.09. The Hall–Kier alpha value is -2.77. The number of hydrogen-bond acceptors (Lipinski definition) is 3. The number of terminal acetylenes is 1. The second-order valence-electron chi connectivity index (χ2n) is 5.78. The van der Waals surface area contributed by atoms with Crippen molar-refractivity contribution >= 4 is 33.2 Å². The molecule has 3 nitrogen and oxygen atoms in total. The Morgan fingerprint density at radius 3 is 2.48 bits per heavy atom. The Labute approximate surface area is 168 Å². The Kier molecular flexibility index (Phi) is 7.45. The first-order valence-electron chi connectivity index (χ1n) is 8.41. The standard InChI is InChI=1S/C23H21BrO3/c1-5-16(3)21-14-18(24)12-13-20(21)22(19(6-2)23(25)26-4)27-15-17-10-8-7-9-11-17/h2,5,7-14H,15H2,1,3-4H3/b16-5-,22-19-. The average Bonchev–Trinajstić information content (AvgIpc) is 2.71. The van der Waals surface area contributed by atoms with Crippen LogP contribution in [0.25, 0.3) is 11.3 Å². The fraction of sp³-hybridized carbons (Fsp3) is 0.174. The van der Waals surface area contributed by atoms with Gasteiger partial charge in [0.1, 0.15) is 6.61 Å². The zero-order valence-electron chi connectivity index (χ0n) is 15.6. The van der Waals surface area contributed by atoms with Crippen LogP contribution in [-0.4, -0.2) is 13.1 Å². The summed E-state index contributed by atoms with van der Waals surface area (Å²) in [7, 11) is 1.30. The highest BCUT2D eigenvalue weighted by atomic mass is 79.9. The quantitative estimate of drug-likeness (QED) is 0.261. The summed E-state index contributed by atoms with van der Waals surface area (Å²) in [5, 5.41) is 0. The molecule has 0 radical (unpaired) electrons. The third-order valence-corrected chi connectivity index (χ3v) is 4.56. The van der Waals surface area contributed by atoms with E-state index in [1.54, 1.807) is 0 Å². The van der Waals surface area contributed by atoms with Gasteiger partial charge in [-0.15, -0.1) is 6.42 Å². The van der Waals surface area contributed by atoms with Crippen LogP contribution in [0.1, 0.15) is 30.5 Å². The van der Waals surface area contributed by atoms with Gasteiger partial charge in [0.15, 0.2) is 11.3 Å². The third kappa shape index (κ3) is 5.12. The minimum Gasteiger partial charge on any atom is -0.487 e. The summed E-state index contributed by atoms with van der Waals surface area (Å²) < 4.78 is 11.8. The highest BCUT2D eigenvalue weighted by Gasteiger charge is 2.21. The van der Waals surface area contributed by atoms with Gasteiger partial charge in [-0.1, -0.05) is 58.3 Å². The molecule has 2 aromatic carbocycles. The highest BCUT2D eigenvalue weighted by Crippen LogP contribution is 2.32. The van der Waals surface area contributed by atoms with Crippen molar-refractivity contribution in [3.63, 3.8) is 0 Å². The monoisotopic (exact) mass is 424 g/mol. The first-order chi connectivity index (χ1) is 13.0. The van der Waals surface area contributed by atoms with E-state index < -0.39 is 5.97 Å². The Bertz CT molecular complexity index is 918. The van der Waals surface area contributed by atoms with Crippen molar-refractivity contribution in [3.05, 3.63) is 81.3 Å². The van der Waals surface area contributed by atoms with Crippen LogP contribution >= 0.6 is 15.9 Å². The topological polar surface area (TPSA) is 35.5 Å². The van der Waals surface area contributed by atoms with E-state index >= 15 is 0 Å². The molecule has 4 heteroatoms. The van der Waals surface area contributed by atoms with Gasteiger partial charge in [0, 0.05) is 10.0 Å². The van der Waals surface area contributed by atoms with Crippen molar-refractivity contribution in [1.82, 2.24) is 0 Å². The molecule has 0 aliphatic carbocycles. The maximum absolute atomic E-state index is 12.3. The van der Waals surface area contributed by atoms with Crippen LogP contribution in [0, 0.1) is 12.3 Å². The van der Waals surface area contributed by atoms with E-state index in [-0.39, 0.29) is 12.2 Å². The number of methoxy groups -OCH3 is 1. The van der Waals surface area contributed by atoms with Gasteiger partial charge < -0.3 is 9.47 Å². The molecule has 27 heavy (non-hydrogen) atoms. The van der Waals surface area contributed by atoms with E-state index in [1.165, 1.54) is 7.11 Å². The van der Waals surface area contributed by atoms with Crippen molar-refractivity contribution in [1.29, 1.82) is 0 Å². The van der Waals surface area contributed by atoms with Crippen molar-refractivity contribution in [2.45, 2.75) is 20.5 Å². The molecule has 0 fully saturated rings. The molecule has 0 aliphatic heterocycles. The van der Waals surface area contributed by atoms with Crippen LogP contribution in [0.3, 0.4) is 0 Å². The van der Waals surface area contributed by atoms with Crippen LogP contribution < -0.4 is 0 Å². The number of rotatable bonds is 6. The van der Waals surface area contributed by atoms with Gasteiger partial charge in [-0.2, -0.15) is 0 Å². The second kappa shape index (κ2) is 9.80. The van der Waals surface area contributed by atoms with Crippen LogP contribution in [0.2, 0.25) is 0 Å². The predicted molar refractivity (Wildman–Crippen MR) is 112 cm³/mol. The van der Waals surface area contributed by atoms with E-state index in [1.807, 2.05) is 68.5 Å². The molecular formula is C23H21BrO3. The van der Waals surface area contributed by atoms with E-state index in [9.17, 15) is 4.79 Å². The van der Waals surface area contributed by atoms with Crippen molar-refractivity contribution in [3.8, 4) is 12.3 Å². The molecule has 0 bridgehead atoms. The number of carbonyl (C=O) groups is 1. The first-order valence-corrected chi connectivity index (χ1v) is 9.20. The van der Waals surface area contributed by atoms with Crippen LogP contribution in [-0.2, 0) is 20.9 Å². The van der Waals surface area contributed by atoms with E-state index in [4.69, 9.17) is 15.9 Å². The Balaban J connectivity index is 2.62. The molecule has 2 aromatic rings. The molecule has 0 saturated carbocycles. The molecule has 0 heterocycles. The molecule has 0 atom stereocenters. The zero-order chi connectivity index (χ0) is 19.8. The number of allylic oxidation sites excluding steroid dienone is 2. The molecule has 0 saturated heterocycles. The van der Waals surface area contributed by atoms with Gasteiger partial charge >= 0.3 is 5.97 Å². The molecule has 0 aromatic heterocycles. The summed E-state index contributed by atoms with van der Waals surface area (Å²) in [4.78, 5) is 12.3. The molecule has 0 N–H and O–H groups in total. The van der Waals surface area contributed by atoms with Gasteiger partial charge in [-0.05, 0) is 48.7 Å². The number of hydrogen-bond donors (Lipinski definition) is 0. The predicted octanol–water partition coefficient (Wildman–Crippen LogP) is 5.61. The second-order valence-corrected chi connectivity index (χ2v) is 6.69. The van der Waals surface area contributed by atoms with Crippen molar-refractivity contribution in [2.75, 3.05) is 7.11 Å². The largest absolute Gasteiger partial charge is 0.487 e. The lowest BCUT2D eigenvalue weighted by molar-refractivity contribution is -0.135. The minimum absolute atomic E-state index is 0.0564. The summed E-state index contributed by atoms with van der Waals surface area (Å²) in [5.41, 5.74) is 3.72. The Morgan fingerprint density at radius 1 is 1.19 bits per heavy atom. The Morgan fingerprint density at radius 2 is 1.89 bits per heavy atom. The molecule has 0 aliphatic rings. The van der Waals surface area contributed by atoms with Crippen LogP contribution in [0.4, 0.5) is 0 Å². The lowest BCUT2D eigenvalue weighted by atomic mass is 9.97. The summed E-state index contributed by atoms with van der Waals surface area (Å²) in [6, 6.07) is 15.4. The van der Waals surface area contributed by atoms with Crippen molar-refractivity contribution in [2.24, 2.45) is 0 Å². The number of carbonyl (C=O) groups excluding carboxylic acids is 1. The fourth-order valence-electron chi connectivity index (χ4n) is 2.53. The minimum atomic E-state index is -0.604. The summed E-state index contributed by atoms with van der Waals surface area (Å²) in [6.45, 7) is 4.23. The van der Waals surface area contributed by atoms with Crippen LogP contribution in [0.5, 0.6) is 0 Å². The van der Waals surface area contributed by atoms with Gasteiger partial charge in [-0.25, -0.2) is 4.79 Å². The molecular weight excluding hydrogens is 404 g/mol. The third-order valence-electron chi connectivity index (χ3n) is 4.07. The van der Waals surface area contributed by atoms with Gasteiger partial charge in [0.05, 0.1) is 7.11 Å². The van der Waals surface area contributed by atoms with Gasteiger partial charge in [-0.3, -0.25) is 0 Å². The number of ether oxygens (including phenoxy) is 2. The normalized spacial score (nSPS) is 12.0. The SMILES string of the molecule is C#C/C(C(=O)OC)=C(/OCc1ccccc1)c1ccc(Br)cc1/C(C)=C\C. The summed E-state index contributed by atoms with van der Waals surface area (Å²) >= 11 is 3.50. The summed E-state index contributed by atoms with van der Waals surface area (Å²) in [5.74, 6) is 2.16. The molecule has 0 unspecified atom stereocenters. The smallest absolute Gasteiger partial charge is 0.350 e. The van der Waals surface area contributed by atoms with Crippen LogP contribution in [0.15, 0.2) is 64.7 Å².